The van der Waals surface area contributed by atoms with E-state index < -0.39 is 4.92 Å². The van der Waals surface area contributed by atoms with Crippen LogP contribution in [0.1, 0.15) is 11.1 Å². The molecule has 0 aliphatic heterocycles. The average Bonchev–Trinajstić information content (AvgIpc) is 2.33. The van der Waals surface area contributed by atoms with Crippen molar-refractivity contribution in [3.8, 4) is 11.6 Å². The maximum absolute atomic E-state index is 10.8. The van der Waals surface area contributed by atoms with E-state index in [1.165, 1.54) is 12.3 Å². The summed E-state index contributed by atoms with van der Waals surface area (Å²) in [4.78, 5) is 18.0. The second kappa shape index (κ2) is 5.19. The van der Waals surface area contributed by atoms with Gasteiger partial charge in [0.05, 0.1) is 4.92 Å². The fourth-order valence-electron chi connectivity index (χ4n) is 1.57. The van der Waals surface area contributed by atoms with Crippen molar-refractivity contribution in [3.05, 3.63) is 50.9 Å². The molecule has 6 nitrogen and oxygen atoms in total. The predicted octanol–water partition coefficient (Wildman–Crippen LogP) is 3.45. The van der Waals surface area contributed by atoms with Gasteiger partial charge in [0.25, 0.3) is 5.69 Å². The Balaban J connectivity index is 2.36. The highest BCUT2D eigenvalue weighted by molar-refractivity contribution is 6.28. The lowest BCUT2D eigenvalue weighted by atomic mass is 10.1. The zero-order valence-electron chi connectivity index (χ0n) is 10.3. The van der Waals surface area contributed by atoms with E-state index in [9.17, 15) is 10.1 Å². The molecule has 0 amide bonds. The Morgan fingerprint density at radius 3 is 2.68 bits per heavy atom. The van der Waals surface area contributed by atoms with Gasteiger partial charge >= 0.3 is 0 Å². The number of nitrogens with zero attached hydrogens (tertiary/aromatic N) is 3. The van der Waals surface area contributed by atoms with Crippen molar-refractivity contribution in [3.63, 3.8) is 0 Å². The van der Waals surface area contributed by atoms with Crippen LogP contribution in [0.15, 0.2) is 24.4 Å². The van der Waals surface area contributed by atoms with Gasteiger partial charge in [0.2, 0.25) is 11.2 Å². The zero-order chi connectivity index (χ0) is 14.0. The van der Waals surface area contributed by atoms with Gasteiger partial charge < -0.3 is 4.74 Å². The van der Waals surface area contributed by atoms with Crippen molar-refractivity contribution in [1.29, 1.82) is 0 Å². The van der Waals surface area contributed by atoms with Crippen LogP contribution in [0.4, 0.5) is 5.69 Å². The van der Waals surface area contributed by atoms with Gasteiger partial charge in [0.15, 0.2) is 0 Å². The summed E-state index contributed by atoms with van der Waals surface area (Å²) in [6.07, 6.45) is 1.47. The normalized spacial score (nSPS) is 10.3. The monoisotopic (exact) mass is 279 g/mol. The topological polar surface area (TPSA) is 78.2 Å². The molecule has 0 aliphatic carbocycles. The number of nitro groups is 1. The molecule has 0 unspecified atom stereocenters. The smallest absolute Gasteiger partial charge is 0.272 e. The molecule has 1 heterocycles. The Hall–Kier alpha value is -2.21. The molecular formula is C12H10ClN3O3. The van der Waals surface area contributed by atoms with Crippen molar-refractivity contribution < 1.29 is 9.66 Å². The molecule has 0 atom stereocenters. The molecular weight excluding hydrogens is 270 g/mol. The number of benzene rings is 1. The van der Waals surface area contributed by atoms with Crippen LogP contribution in [0.5, 0.6) is 11.6 Å². The summed E-state index contributed by atoms with van der Waals surface area (Å²) in [6.45, 7) is 3.38. The van der Waals surface area contributed by atoms with Crippen LogP contribution in [0.2, 0.25) is 5.28 Å². The number of nitro benzene ring substituents is 1. The molecule has 19 heavy (non-hydrogen) atoms. The molecule has 0 radical (unpaired) electrons. The van der Waals surface area contributed by atoms with Crippen LogP contribution in [0, 0.1) is 24.0 Å². The maximum atomic E-state index is 10.8. The Bertz CT molecular complexity index is 646. The third-order valence-electron chi connectivity index (χ3n) is 2.51. The second-order valence-electron chi connectivity index (χ2n) is 3.93. The van der Waals surface area contributed by atoms with Crippen molar-refractivity contribution in [1.82, 2.24) is 9.97 Å². The summed E-state index contributed by atoms with van der Waals surface area (Å²) < 4.78 is 5.55. The molecule has 0 spiro atoms. The fraction of sp³-hybridized carbons (Fsp3) is 0.167. The summed E-state index contributed by atoms with van der Waals surface area (Å²) in [7, 11) is 0. The molecule has 98 valence electrons. The molecule has 7 heteroatoms. The third-order valence-corrected chi connectivity index (χ3v) is 2.69. The number of hydrogen-bond acceptors (Lipinski definition) is 5. The summed E-state index contributed by atoms with van der Waals surface area (Å²) >= 11 is 5.66. The van der Waals surface area contributed by atoms with Crippen LogP contribution >= 0.6 is 11.6 Å². The van der Waals surface area contributed by atoms with Gasteiger partial charge in [-0.3, -0.25) is 10.1 Å². The lowest BCUT2D eigenvalue weighted by Gasteiger charge is -2.09. The van der Waals surface area contributed by atoms with Gasteiger partial charge in [-0.05, 0) is 37.1 Å². The van der Waals surface area contributed by atoms with Crippen LogP contribution in [0.25, 0.3) is 0 Å². The lowest BCUT2D eigenvalue weighted by molar-refractivity contribution is -0.385. The van der Waals surface area contributed by atoms with Crippen molar-refractivity contribution in [2.75, 3.05) is 0 Å². The van der Waals surface area contributed by atoms with E-state index in [-0.39, 0.29) is 16.9 Å². The highest BCUT2D eigenvalue weighted by Gasteiger charge is 2.14. The summed E-state index contributed by atoms with van der Waals surface area (Å²) in [5, 5.41) is 10.9. The molecule has 2 aromatic rings. The number of aromatic nitrogens is 2. The first-order valence-electron chi connectivity index (χ1n) is 5.39. The van der Waals surface area contributed by atoms with Crippen LogP contribution in [-0.2, 0) is 0 Å². The minimum Gasteiger partial charge on any atom is -0.439 e. The molecule has 0 bridgehead atoms. The standard InChI is InChI=1S/C12H10ClN3O3/c1-7-6-10(8(2)5-9(7)16(17)18)19-11-3-4-14-12(13)15-11/h3-6H,1-2H3. The van der Waals surface area contributed by atoms with Crippen molar-refractivity contribution in [2.45, 2.75) is 13.8 Å². The molecule has 0 saturated carbocycles. The van der Waals surface area contributed by atoms with E-state index in [1.54, 1.807) is 26.0 Å². The fourth-order valence-corrected chi connectivity index (χ4v) is 1.71. The molecule has 0 N–H and O–H groups in total. The van der Waals surface area contributed by atoms with Crippen molar-refractivity contribution in [2.24, 2.45) is 0 Å². The van der Waals surface area contributed by atoms with Gasteiger partial charge in [-0.15, -0.1) is 0 Å². The predicted molar refractivity (Wildman–Crippen MR) is 69.7 cm³/mol. The van der Waals surface area contributed by atoms with Gasteiger partial charge in [-0.25, -0.2) is 4.98 Å². The Kier molecular flexibility index (Phi) is 3.62. The molecule has 1 aromatic carbocycles. The summed E-state index contributed by atoms with van der Waals surface area (Å²) in [6, 6.07) is 4.62. The van der Waals surface area contributed by atoms with E-state index in [1.807, 2.05) is 0 Å². The highest BCUT2D eigenvalue weighted by atomic mass is 35.5. The molecule has 1 aromatic heterocycles. The van der Waals surface area contributed by atoms with Gasteiger partial charge in [0.1, 0.15) is 5.75 Å². The molecule has 0 saturated heterocycles. The Morgan fingerprint density at radius 1 is 1.32 bits per heavy atom. The van der Waals surface area contributed by atoms with E-state index in [0.717, 1.165) is 0 Å². The van der Waals surface area contributed by atoms with E-state index in [0.29, 0.717) is 16.9 Å². The minimum atomic E-state index is -0.423. The third kappa shape index (κ3) is 2.97. The SMILES string of the molecule is Cc1cc([N+](=O)[O-])c(C)cc1Oc1ccnc(Cl)n1. The first kappa shape index (κ1) is 13.2. The van der Waals surface area contributed by atoms with Gasteiger partial charge in [-0.1, -0.05) is 0 Å². The van der Waals surface area contributed by atoms with Gasteiger partial charge in [-0.2, -0.15) is 4.98 Å². The molecule has 0 fully saturated rings. The Morgan fingerprint density at radius 2 is 2.05 bits per heavy atom. The first-order valence-corrected chi connectivity index (χ1v) is 5.77. The van der Waals surface area contributed by atoms with Crippen LogP contribution < -0.4 is 4.74 Å². The summed E-state index contributed by atoms with van der Waals surface area (Å²) in [5.74, 6) is 0.786. The zero-order valence-corrected chi connectivity index (χ0v) is 11.0. The van der Waals surface area contributed by atoms with E-state index in [4.69, 9.17) is 16.3 Å². The molecule has 2 rings (SSSR count). The Labute approximate surface area is 114 Å². The van der Waals surface area contributed by atoms with Crippen molar-refractivity contribution >= 4 is 17.3 Å². The quantitative estimate of drug-likeness (QED) is 0.488. The minimum absolute atomic E-state index is 0.0607. The van der Waals surface area contributed by atoms with Crippen LogP contribution in [-0.4, -0.2) is 14.9 Å². The van der Waals surface area contributed by atoms with E-state index >= 15 is 0 Å². The van der Waals surface area contributed by atoms with Gasteiger partial charge in [0, 0.05) is 23.9 Å². The first-order chi connectivity index (χ1) is 8.97. The largest absolute Gasteiger partial charge is 0.439 e. The number of ether oxygens (including phenoxy) is 1. The average molecular weight is 280 g/mol. The van der Waals surface area contributed by atoms with E-state index in [2.05, 4.69) is 9.97 Å². The maximum Gasteiger partial charge on any atom is 0.272 e. The number of hydrogen-bond donors (Lipinski definition) is 0. The molecule has 0 aliphatic rings. The number of rotatable bonds is 3. The summed E-state index contributed by atoms with van der Waals surface area (Å²) in [5.41, 5.74) is 1.23. The number of aryl methyl sites for hydroxylation is 2. The highest BCUT2D eigenvalue weighted by Crippen LogP contribution is 2.30. The van der Waals surface area contributed by atoms with Crippen LogP contribution in [0.3, 0.4) is 0 Å². The second-order valence-corrected chi connectivity index (χ2v) is 4.27. The lowest BCUT2D eigenvalue weighted by Crippen LogP contribution is -1.96. The number of halogens is 1.